The minimum absolute atomic E-state index is 0.263. The van der Waals surface area contributed by atoms with Crippen molar-refractivity contribution >= 4 is 21.8 Å². The van der Waals surface area contributed by atoms with Crippen LogP contribution in [-0.4, -0.2) is 23.9 Å². The van der Waals surface area contributed by atoms with E-state index >= 15 is 0 Å². The van der Waals surface area contributed by atoms with E-state index in [1.54, 1.807) is 0 Å². The van der Waals surface area contributed by atoms with Gasteiger partial charge in [0.2, 0.25) is 5.91 Å². The molecule has 2 nitrogen and oxygen atoms in total. The predicted molar refractivity (Wildman–Crippen MR) is 72.8 cm³/mol. The topological polar surface area (TPSA) is 20.3 Å². The molecule has 1 saturated heterocycles. The molecule has 0 bridgehead atoms. The maximum Gasteiger partial charge on any atom is 0.226 e. The first-order chi connectivity index (χ1) is 8.15. The van der Waals surface area contributed by atoms with Crippen LogP contribution in [0.4, 0.5) is 0 Å². The Labute approximate surface area is 111 Å². The van der Waals surface area contributed by atoms with E-state index in [-0.39, 0.29) is 5.91 Å². The van der Waals surface area contributed by atoms with Gasteiger partial charge >= 0.3 is 0 Å². The van der Waals surface area contributed by atoms with Crippen molar-refractivity contribution in [2.75, 3.05) is 13.1 Å². The highest BCUT2D eigenvalue weighted by molar-refractivity contribution is 9.10. The number of benzene rings is 1. The van der Waals surface area contributed by atoms with E-state index in [0.29, 0.717) is 12.3 Å². The van der Waals surface area contributed by atoms with E-state index in [1.165, 1.54) is 6.42 Å². The summed E-state index contributed by atoms with van der Waals surface area (Å²) in [4.78, 5) is 14.1. The Kier molecular flexibility index (Phi) is 4.21. The van der Waals surface area contributed by atoms with Crippen LogP contribution in [0.2, 0.25) is 0 Å². The molecule has 0 aromatic heterocycles. The molecule has 1 fully saturated rings. The summed E-state index contributed by atoms with van der Waals surface area (Å²) in [7, 11) is 0. The molecule has 1 aliphatic heterocycles. The molecule has 1 heterocycles. The average molecular weight is 296 g/mol. The molecule has 0 radical (unpaired) electrons. The van der Waals surface area contributed by atoms with Crippen LogP contribution in [-0.2, 0) is 11.2 Å². The van der Waals surface area contributed by atoms with Gasteiger partial charge in [0, 0.05) is 17.6 Å². The highest BCUT2D eigenvalue weighted by Gasteiger charge is 2.20. The van der Waals surface area contributed by atoms with Gasteiger partial charge in [0.1, 0.15) is 0 Å². The molecular weight excluding hydrogens is 278 g/mol. The van der Waals surface area contributed by atoms with Crippen molar-refractivity contribution in [3.8, 4) is 0 Å². The second-order valence-electron chi connectivity index (χ2n) is 4.89. The molecule has 1 aliphatic rings. The number of amides is 1. The molecular formula is C14H18BrNO. The number of piperidine rings is 1. The maximum atomic E-state index is 12.1. The van der Waals surface area contributed by atoms with Gasteiger partial charge in [-0.2, -0.15) is 0 Å². The Balaban J connectivity index is 1.94. The van der Waals surface area contributed by atoms with Gasteiger partial charge in [-0.15, -0.1) is 0 Å². The Morgan fingerprint density at radius 2 is 2.12 bits per heavy atom. The first-order valence-corrected chi connectivity index (χ1v) is 6.96. The fourth-order valence-electron chi connectivity index (χ4n) is 2.30. The van der Waals surface area contributed by atoms with Gasteiger partial charge in [-0.1, -0.05) is 35.0 Å². The van der Waals surface area contributed by atoms with Crippen LogP contribution in [0, 0.1) is 5.92 Å². The molecule has 3 heteroatoms. The van der Waals surface area contributed by atoms with Crippen LogP contribution in [0.1, 0.15) is 25.3 Å². The Morgan fingerprint density at radius 3 is 2.76 bits per heavy atom. The number of nitrogens with zero attached hydrogens (tertiary/aromatic N) is 1. The molecule has 0 N–H and O–H groups in total. The van der Waals surface area contributed by atoms with Crippen molar-refractivity contribution in [1.29, 1.82) is 0 Å². The summed E-state index contributed by atoms with van der Waals surface area (Å²) < 4.78 is 1.06. The lowest BCUT2D eigenvalue weighted by Gasteiger charge is -2.31. The van der Waals surface area contributed by atoms with Crippen molar-refractivity contribution in [3.63, 3.8) is 0 Å². The second-order valence-corrected chi connectivity index (χ2v) is 5.81. The lowest BCUT2D eigenvalue weighted by molar-refractivity contribution is -0.132. The molecule has 1 amide bonds. The largest absolute Gasteiger partial charge is 0.342 e. The molecule has 1 unspecified atom stereocenters. The molecule has 2 rings (SSSR count). The smallest absolute Gasteiger partial charge is 0.226 e. The van der Waals surface area contributed by atoms with E-state index in [9.17, 15) is 4.79 Å². The third kappa shape index (κ3) is 3.56. The van der Waals surface area contributed by atoms with Crippen molar-refractivity contribution in [1.82, 2.24) is 4.90 Å². The normalized spacial score (nSPS) is 20.4. The van der Waals surface area contributed by atoms with Crippen molar-refractivity contribution in [2.24, 2.45) is 5.92 Å². The maximum absolute atomic E-state index is 12.1. The molecule has 92 valence electrons. The van der Waals surface area contributed by atoms with Crippen LogP contribution >= 0.6 is 15.9 Å². The van der Waals surface area contributed by atoms with Crippen molar-refractivity contribution < 1.29 is 4.79 Å². The molecule has 0 spiro atoms. The zero-order valence-electron chi connectivity index (χ0n) is 10.2. The minimum Gasteiger partial charge on any atom is -0.342 e. The zero-order valence-corrected chi connectivity index (χ0v) is 11.7. The van der Waals surface area contributed by atoms with Crippen LogP contribution < -0.4 is 0 Å². The first kappa shape index (κ1) is 12.6. The number of hydrogen-bond donors (Lipinski definition) is 0. The zero-order chi connectivity index (χ0) is 12.3. The number of rotatable bonds is 2. The number of carbonyl (C=O) groups excluding carboxylic acids is 1. The van der Waals surface area contributed by atoms with E-state index in [4.69, 9.17) is 0 Å². The Bertz CT molecular complexity index is 388. The van der Waals surface area contributed by atoms with Gasteiger partial charge in [0.15, 0.2) is 0 Å². The summed E-state index contributed by atoms with van der Waals surface area (Å²) in [5.74, 6) is 0.913. The summed E-state index contributed by atoms with van der Waals surface area (Å²) in [5.41, 5.74) is 1.09. The average Bonchev–Trinajstić information content (AvgIpc) is 2.32. The SMILES string of the molecule is CC1CCCN(C(=O)Cc2ccc(Br)cc2)C1. The minimum atomic E-state index is 0.263. The van der Waals surface area contributed by atoms with E-state index in [0.717, 1.165) is 29.5 Å². The van der Waals surface area contributed by atoms with Gasteiger partial charge in [0.25, 0.3) is 0 Å². The van der Waals surface area contributed by atoms with Crippen molar-refractivity contribution in [3.05, 3.63) is 34.3 Å². The summed E-state index contributed by atoms with van der Waals surface area (Å²) >= 11 is 3.40. The highest BCUT2D eigenvalue weighted by Crippen LogP contribution is 2.17. The van der Waals surface area contributed by atoms with Crippen LogP contribution in [0.25, 0.3) is 0 Å². The number of carbonyl (C=O) groups is 1. The lowest BCUT2D eigenvalue weighted by atomic mass is 9.99. The Hall–Kier alpha value is -0.830. The first-order valence-electron chi connectivity index (χ1n) is 6.17. The van der Waals surface area contributed by atoms with Gasteiger partial charge in [-0.05, 0) is 36.5 Å². The summed E-state index contributed by atoms with van der Waals surface area (Å²) in [6.07, 6.45) is 2.93. The highest BCUT2D eigenvalue weighted by atomic mass is 79.9. The van der Waals surface area contributed by atoms with E-state index in [1.807, 2.05) is 29.2 Å². The van der Waals surface area contributed by atoms with Gasteiger partial charge in [-0.25, -0.2) is 0 Å². The third-order valence-electron chi connectivity index (χ3n) is 3.28. The fourth-order valence-corrected chi connectivity index (χ4v) is 2.57. The summed E-state index contributed by atoms with van der Waals surface area (Å²) in [5, 5.41) is 0. The molecule has 1 aromatic carbocycles. The van der Waals surface area contributed by atoms with Gasteiger partial charge in [-0.3, -0.25) is 4.79 Å². The molecule has 0 aliphatic carbocycles. The van der Waals surface area contributed by atoms with Crippen LogP contribution in [0.3, 0.4) is 0 Å². The van der Waals surface area contributed by atoms with Gasteiger partial charge < -0.3 is 4.90 Å². The number of likely N-dealkylation sites (tertiary alicyclic amines) is 1. The van der Waals surface area contributed by atoms with Crippen LogP contribution in [0.5, 0.6) is 0 Å². The third-order valence-corrected chi connectivity index (χ3v) is 3.81. The van der Waals surface area contributed by atoms with E-state index < -0.39 is 0 Å². The quantitative estimate of drug-likeness (QED) is 0.820. The molecule has 1 aromatic rings. The molecule has 1 atom stereocenters. The molecule has 0 saturated carbocycles. The van der Waals surface area contributed by atoms with Crippen molar-refractivity contribution in [2.45, 2.75) is 26.2 Å². The van der Waals surface area contributed by atoms with Crippen LogP contribution in [0.15, 0.2) is 28.7 Å². The Morgan fingerprint density at radius 1 is 1.41 bits per heavy atom. The fraction of sp³-hybridized carbons (Fsp3) is 0.500. The standard InChI is InChI=1S/C14H18BrNO/c1-11-3-2-8-16(10-11)14(17)9-12-4-6-13(15)7-5-12/h4-7,11H,2-3,8-10H2,1H3. The predicted octanol–water partition coefficient (Wildman–Crippen LogP) is 3.25. The lowest BCUT2D eigenvalue weighted by Crippen LogP contribution is -2.39. The summed E-state index contributed by atoms with van der Waals surface area (Å²) in [6.45, 7) is 4.08. The second kappa shape index (κ2) is 5.67. The summed E-state index contributed by atoms with van der Waals surface area (Å²) in [6, 6.07) is 7.99. The number of halogens is 1. The van der Waals surface area contributed by atoms with E-state index in [2.05, 4.69) is 22.9 Å². The monoisotopic (exact) mass is 295 g/mol. The number of hydrogen-bond acceptors (Lipinski definition) is 1. The molecule has 17 heavy (non-hydrogen) atoms. The van der Waals surface area contributed by atoms with Gasteiger partial charge in [0.05, 0.1) is 6.42 Å².